The minimum Gasteiger partial charge on any atom is -0.322 e. The molecule has 1 saturated carbocycles. The number of aromatic nitrogens is 3. The van der Waals surface area contributed by atoms with Crippen LogP contribution in [0, 0.1) is 0 Å². The number of carbonyl (C=O) groups excluding carboxylic acids is 2. The Morgan fingerprint density at radius 3 is 2.43 bits per heavy atom. The van der Waals surface area contributed by atoms with Gasteiger partial charge < -0.3 is 9.88 Å². The Balaban J connectivity index is 1.34. The van der Waals surface area contributed by atoms with Crippen molar-refractivity contribution in [3.63, 3.8) is 0 Å². The smallest absolute Gasteiger partial charge is 0.255 e. The number of anilines is 1. The number of nitrogens with one attached hydrogen (secondary N) is 1. The fourth-order valence-corrected chi connectivity index (χ4v) is 3.71. The molecule has 1 aliphatic carbocycles. The van der Waals surface area contributed by atoms with Gasteiger partial charge in [-0.3, -0.25) is 9.59 Å². The van der Waals surface area contributed by atoms with Crippen LogP contribution < -0.4 is 5.32 Å². The van der Waals surface area contributed by atoms with Gasteiger partial charge in [0.15, 0.2) is 10.9 Å². The maximum Gasteiger partial charge on any atom is 0.255 e. The number of amides is 1. The highest BCUT2D eigenvalue weighted by Gasteiger charge is 2.29. The van der Waals surface area contributed by atoms with E-state index in [2.05, 4.69) is 15.5 Å². The van der Waals surface area contributed by atoms with Gasteiger partial charge in [0.05, 0.1) is 5.75 Å². The van der Waals surface area contributed by atoms with E-state index in [0.717, 1.165) is 11.0 Å². The fraction of sp³-hybridized carbons (Fsp3) is 0.238. The van der Waals surface area contributed by atoms with E-state index in [4.69, 9.17) is 0 Å². The van der Waals surface area contributed by atoms with Crippen LogP contribution in [0.15, 0.2) is 59.8 Å². The van der Waals surface area contributed by atoms with E-state index >= 15 is 0 Å². The number of ketones is 1. The molecule has 1 amide bonds. The molecule has 0 bridgehead atoms. The Bertz CT molecular complexity index is 995. The maximum atomic E-state index is 12.5. The predicted octanol–water partition coefficient (Wildman–Crippen LogP) is 3.92. The first-order chi connectivity index (χ1) is 13.6. The van der Waals surface area contributed by atoms with Crippen LogP contribution in [0.2, 0.25) is 0 Å². The molecule has 1 N–H and O–H groups in total. The molecule has 1 heterocycles. The zero-order valence-corrected chi connectivity index (χ0v) is 16.3. The second-order valence-corrected chi connectivity index (χ2v) is 7.73. The van der Waals surface area contributed by atoms with Crippen molar-refractivity contribution in [2.75, 3.05) is 11.1 Å². The molecular weight excluding hydrogens is 372 g/mol. The van der Waals surface area contributed by atoms with E-state index in [0.29, 0.717) is 28.5 Å². The second-order valence-electron chi connectivity index (χ2n) is 6.78. The summed E-state index contributed by atoms with van der Waals surface area (Å²) in [5.74, 6) is 1.67. The van der Waals surface area contributed by atoms with Crippen molar-refractivity contribution in [2.24, 2.45) is 7.05 Å². The van der Waals surface area contributed by atoms with Gasteiger partial charge in [-0.25, -0.2) is 0 Å². The molecular formula is C21H20N4O2S. The summed E-state index contributed by atoms with van der Waals surface area (Å²) in [6.45, 7) is 0. The van der Waals surface area contributed by atoms with Crippen molar-refractivity contribution in [2.45, 2.75) is 23.9 Å². The van der Waals surface area contributed by atoms with Gasteiger partial charge in [-0.1, -0.05) is 30.0 Å². The fourth-order valence-electron chi connectivity index (χ4n) is 2.89. The minimum atomic E-state index is -0.177. The van der Waals surface area contributed by atoms with E-state index in [1.807, 2.05) is 29.8 Å². The first-order valence-corrected chi connectivity index (χ1v) is 10.1. The SMILES string of the molecule is Cn1c(SCC(=O)c2ccc(NC(=O)c3ccccc3)cc2)nnc1C1CC1. The Morgan fingerprint density at radius 2 is 1.75 bits per heavy atom. The summed E-state index contributed by atoms with van der Waals surface area (Å²) < 4.78 is 1.98. The number of rotatable bonds is 7. The van der Waals surface area contributed by atoms with Gasteiger partial charge in [0.1, 0.15) is 5.82 Å². The Kier molecular flexibility index (Phi) is 5.25. The van der Waals surface area contributed by atoms with Crippen LogP contribution >= 0.6 is 11.8 Å². The zero-order valence-electron chi connectivity index (χ0n) is 15.5. The molecule has 6 nitrogen and oxygen atoms in total. The third-order valence-corrected chi connectivity index (χ3v) is 5.66. The van der Waals surface area contributed by atoms with Crippen molar-refractivity contribution in [3.05, 3.63) is 71.5 Å². The molecule has 1 aromatic heterocycles. The molecule has 28 heavy (non-hydrogen) atoms. The van der Waals surface area contributed by atoms with Crippen LogP contribution in [0.3, 0.4) is 0 Å². The van der Waals surface area contributed by atoms with Crippen molar-refractivity contribution < 1.29 is 9.59 Å². The van der Waals surface area contributed by atoms with Gasteiger partial charge in [0.2, 0.25) is 0 Å². The van der Waals surface area contributed by atoms with E-state index in [9.17, 15) is 9.59 Å². The number of hydrogen-bond donors (Lipinski definition) is 1. The highest BCUT2D eigenvalue weighted by atomic mass is 32.2. The molecule has 1 fully saturated rings. The van der Waals surface area contributed by atoms with Gasteiger partial charge in [0, 0.05) is 29.8 Å². The van der Waals surface area contributed by atoms with E-state index in [1.54, 1.807) is 36.4 Å². The summed E-state index contributed by atoms with van der Waals surface area (Å²) in [6, 6.07) is 16.0. The van der Waals surface area contributed by atoms with Crippen molar-refractivity contribution in [1.82, 2.24) is 14.8 Å². The summed E-state index contributed by atoms with van der Waals surface area (Å²) in [7, 11) is 1.95. The number of nitrogens with zero attached hydrogens (tertiary/aromatic N) is 3. The molecule has 0 aliphatic heterocycles. The Labute approximate surface area is 167 Å². The Morgan fingerprint density at radius 1 is 1.04 bits per heavy atom. The average Bonchev–Trinajstić information content (AvgIpc) is 3.50. The minimum absolute atomic E-state index is 0.0157. The molecule has 0 saturated heterocycles. The molecule has 4 rings (SSSR count). The van der Waals surface area contributed by atoms with Gasteiger partial charge in [-0.15, -0.1) is 10.2 Å². The largest absolute Gasteiger partial charge is 0.322 e. The third-order valence-electron chi connectivity index (χ3n) is 4.64. The third kappa shape index (κ3) is 4.14. The van der Waals surface area contributed by atoms with Crippen molar-refractivity contribution >= 4 is 29.1 Å². The number of hydrogen-bond acceptors (Lipinski definition) is 5. The average molecular weight is 392 g/mol. The van der Waals surface area contributed by atoms with Crippen LogP contribution in [0.1, 0.15) is 45.3 Å². The lowest BCUT2D eigenvalue weighted by Gasteiger charge is -2.06. The van der Waals surface area contributed by atoms with Crippen LogP contribution in [-0.2, 0) is 7.05 Å². The quantitative estimate of drug-likeness (QED) is 0.487. The first-order valence-electron chi connectivity index (χ1n) is 9.13. The van der Waals surface area contributed by atoms with Crippen molar-refractivity contribution in [1.29, 1.82) is 0 Å². The van der Waals surface area contributed by atoms with Crippen LogP contribution in [0.5, 0.6) is 0 Å². The summed E-state index contributed by atoms with van der Waals surface area (Å²) in [4.78, 5) is 24.7. The highest BCUT2D eigenvalue weighted by molar-refractivity contribution is 7.99. The van der Waals surface area contributed by atoms with Crippen LogP contribution in [-0.4, -0.2) is 32.2 Å². The molecule has 142 valence electrons. The van der Waals surface area contributed by atoms with E-state index in [-0.39, 0.29) is 11.7 Å². The summed E-state index contributed by atoms with van der Waals surface area (Å²) in [5.41, 5.74) is 1.85. The number of carbonyl (C=O) groups is 2. The van der Waals surface area contributed by atoms with E-state index < -0.39 is 0 Å². The van der Waals surface area contributed by atoms with Crippen molar-refractivity contribution in [3.8, 4) is 0 Å². The Hall–Kier alpha value is -2.93. The lowest BCUT2D eigenvalue weighted by atomic mass is 10.1. The van der Waals surface area contributed by atoms with Gasteiger partial charge in [-0.2, -0.15) is 0 Å². The highest BCUT2D eigenvalue weighted by Crippen LogP contribution is 2.39. The van der Waals surface area contributed by atoms with Gasteiger partial charge in [-0.05, 0) is 49.2 Å². The van der Waals surface area contributed by atoms with Gasteiger partial charge >= 0.3 is 0 Å². The second kappa shape index (κ2) is 7.98. The molecule has 2 aromatic carbocycles. The van der Waals surface area contributed by atoms with Crippen LogP contribution in [0.4, 0.5) is 5.69 Å². The molecule has 0 unspecified atom stereocenters. The maximum absolute atomic E-state index is 12.5. The standard InChI is InChI=1S/C21H20N4O2S/c1-25-19(15-7-8-15)23-24-21(25)28-13-18(26)14-9-11-17(12-10-14)22-20(27)16-5-3-2-4-6-16/h2-6,9-12,15H,7-8,13H2,1H3,(H,22,27). The summed E-state index contributed by atoms with van der Waals surface area (Å²) in [6.07, 6.45) is 2.34. The molecule has 0 atom stereocenters. The number of Topliss-reactive ketones (excluding diaryl/α,β-unsaturated/α-hetero) is 1. The molecule has 3 aromatic rings. The number of thioether (sulfide) groups is 1. The summed E-state index contributed by atoms with van der Waals surface area (Å²) in [5, 5.41) is 12.0. The normalized spacial score (nSPS) is 13.3. The first kappa shape index (κ1) is 18.4. The zero-order chi connectivity index (χ0) is 19.5. The van der Waals surface area contributed by atoms with E-state index in [1.165, 1.54) is 24.6 Å². The van der Waals surface area contributed by atoms with Gasteiger partial charge in [0.25, 0.3) is 5.91 Å². The lowest BCUT2D eigenvalue weighted by Crippen LogP contribution is -2.12. The molecule has 0 radical (unpaired) electrons. The summed E-state index contributed by atoms with van der Waals surface area (Å²) >= 11 is 1.40. The topological polar surface area (TPSA) is 76.9 Å². The molecule has 0 spiro atoms. The molecule has 1 aliphatic rings. The monoisotopic (exact) mass is 392 g/mol. The lowest BCUT2D eigenvalue weighted by molar-refractivity contribution is 0.101. The van der Waals surface area contributed by atoms with Crippen LogP contribution in [0.25, 0.3) is 0 Å². The number of benzene rings is 2. The predicted molar refractivity (Wildman–Crippen MR) is 109 cm³/mol. The molecule has 7 heteroatoms.